The summed E-state index contributed by atoms with van der Waals surface area (Å²) >= 11 is 5.83. The van der Waals surface area contributed by atoms with Gasteiger partial charge in [0.15, 0.2) is 0 Å². The predicted octanol–water partition coefficient (Wildman–Crippen LogP) is 2.40. The lowest BCUT2D eigenvalue weighted by molar-refractivity contribution is -0.128. The van der Waals surface area contributed by atoms with Crippen molar-refractivity contribution < 1.29 is 17.6 Å². The summed E-state index contributed by atoms with van der Waals surface area (Å²) in [6.45, 7) is 0.436. The third-order valence-corrected chi connectivity index (χ3v) is 4.79. The van der Waals surface area contributed by atoms with Crippen LogP contribution in [-0.2, 0) is 20.4 Å². The molecule has 1 aromatic rings. The van der Waals surface area contributed by atoms with Crippen LogP contribution >= 0.6 is 22.3 Å². The van der Waals surface area contributed by atoms with Gasteiger partial charge in [0, 0.05) is 36.1 Å². The highest BCUT2D eigenvalue weighted by Gasteiger charge is 2.32. The van der Waals surface area contributed by atoms with Gasteiger partial charge in [-0.05, 0) is 11.6 Å². The summed E-state index contributed by atoms with van der Waals surface area (Å²) in [7, 11) is 1.55. The first kappa shape index (κ1) is 15.5. The van der Waals surface area contributed by atoms with Crippen LogP contribution in [0.4, 0.5) is 4.39 Å². The zero-order valence-corrected chi connectivity index (χ0v) is 12.7. The number of rotatable bonds is 4. The second-order valence-electron chi connectivity index (χ2n) is 4.76. The molecule has 110 valence electrons. The van der Waals surface area contributed by atoms with E-state index in [1.54, 1.807) is 6.07 Å². The Bertz CT molecular complexity index is 636. The molecule has 1 aromatic carbocycles. The molecule has 1 saturated heterocycles. The van der Waals surface area contributed by atoms with Crippen molar-refractivity contribution in [2.75, 3.05) is 12.3 Å². The van der Waals surface area contributed by atoms with Crippen molar-refractivity contribution in [3.63, 3.8) is 0 Å². The molecule has 4 nitrogen and oxygen atoms in total. The zero-order chi connectivity index (χ0) is 14.9. The molecule has 1 amide bonds. The first-order valence-electron chi connectivity index (χ1n) is 5.89. The number of benzene rings is 1. The van der Waals surface area contributed by atoms with Gasteiger partial charge in [0.25, 0.3) is 0 Å². The summed E-state index contributed by atoms with van der Waals surface area (Å²) in [6.07, 6.45) is 0.124. The van der Waals surface area contributed by atoms with Gasteiger partial charge in [0.2, 0.25) is 15.0 Å². The van der Waals surface area contributed by atoms with E-state index in [0.29, 0.717) is 5.56 Å². The van der Waals surface area contributed by atoms with Crippen LogP contribution in [0.2, 0.25) is 5.02 Å². The number of hydrogen-bond acceptors (Lipinski definition) is 3. The Kier molecular flexibility index (Phi) is 4.56. The first-order chi connectivity index (χ1) is 9.26. The lowest BCUT2D eigenvalue weighted by Crippen LogP contribution is -2.25. The fourth-order valence-electron chi connectivity index (χ4n) is 2.28. The quantitative estimate of drug-likeness (QED) is 0.791. The third-order valence-electron chi connectivity index (χ3n) is 3.12. The van der Waals surface area contributed by atoms with Crippen LogP contribution in [0.3, 0.4) is 0 Å². The van der Waals surface area contributed by atoms with E-state index in [9.17, 15) is 17.6 Å². The summed E-state index contributed by atoms with van der Waals surface area (Å²) in [6, 6.07) is 4.38. The average molecular weight is 340 g/mol. The minimum absolute atomic E-state index is 0.0197. The van der Waals surface area contributed by atoms with E-state index in [1.807, 2.05) is 0 Å². The van der Waals surface area contributed by atoms with Gasteiger partial charge in [-0.1, -0.05) is 23.7 Å². The molecule has 1 fully saturated rings. The monoisotopic (exact) mass is 339 g/mol. The molecule has 0 bridgehead atoms. The molecular formula is C12H12Cl2FNO3S. The zero-order valence-electron chi connectivity index (χ0n) is 10.4. The minimum atomic E-state index is -3.63. The molecule has 2 rings (SSSR count). The largest absolute Gasteiger partial charge is 0.338 e. The number of amides is 1. The predicted molar refractivity (Wildman–Crippen MR) is 74.6 cm³/mol. The van der Waals surface area contributed by atoms with Crippen LogP contribution < -0.4 is 0 Å². The molecule has 0 aliphatic carbocycles. The molecule has 0 radical (unpaired) electrons. The van der Waals surface area contributed by atoms with Crippen molar-refractivity contribution in [3.8, 4) is 0 Å². The van der Waals surface area contributed by atoms with Gasteiger partial charge in [-0.2, -0.15) is 0 Å². The fourth-order valence-corrected chi connectivity index (χ4v) is 3.78. The molecule has 0 saturated carbocycles. The van der Waals surface area contributed by atoms with Crippen molar-refractivity contribution in [1.82, 2.24) is 4.90 Å². The number of hydrogen-bond donors (Lipinski definition) is 0. The number of nitrogens with zero attached hydrogens (tertiary/aromatic N) is 1. The van der Waals surface area contributed by atoms with E-state index in [-0.39, 0.29) is 42.1 Å². The van der Waals surface area contributed by atoms with Gasteiger partial charge in [-0.3, -0.25) is 4.79 Å². The summed E-state index contributed by atoms with van der Waals surface area (Å²) in [5.41, 5.74) is 0.495. The maximum Gasteiger partial charge on any atom is 0.232 e. The van der Waals surface area contributed by atoms with Gasteiger partial charge in [-0.25, -0.2) is 12.8 Å². The molecule has 20 heavy (non-hydrogen) atoms. The summed E-state index contributed by atoms with van der Waals surface area (Å²) in [5, 5.41) is -0.0197. The normalized spacial score (nSPS) is 19.6. The lowest BCUT2D eigenvalue weighted by Gasteiger charge is -2.17. The molecular weight excluding hydrogens is 328 g/mol. The van der Waals surface area contributed by atoms with Crippen LogP contribution in [0.15, 0.2) is 18.2 Å². The Morgan fingerprint density at radius 1 is 1.40 bits per heavy atom. The highest BCUT2D eigenvalue weighted by atomic mass is 35.7. The van der Waals surface area contributed by atoms with E-state index in [0.717, 1.165) is 0 Å². The molecule has 1 unspecified atom stereocenters. The second-order valence-corrected chi connectivity index (χ2v) is 7.96. The first-order valence-corrected chi connectivity index (χ1v) is 8.75. The van der Waals surface area contributed by atoms with Gasteiger partial charge < -0.3 is 4.90 Å². The molecule has 0 spiro atoms. The van der Waals surface area contributed by atoms with Gasteiger partial charge in [-0.15, -0.1) is 0 Å². The number of halogens is 3. The van der Waals surface area contributed by atoms with Crippen molar-refractivity contribution in [2.24, 2.45) is 5.92 Å². The molecule has 1 heterocycles. The van der Waals surface area contributed by atoms with Crippen LogP contribution in [-0.4, -0.2) is 31.5 Å². The smallest absolute Gasteiger partial charge is 0.232 e. The Labute approximate surface area is 125 Å². The number of carbonyl (C=O) groups excluding carboxylic acids is 1. The fraction of sp³-hybridized carbons (Fsp3) is 0.417. The Morgan fingerprint density at radius 3 is 2.75 bits per heavy atom. The number of carbonyl (C=O) groups is 1. The average Bonchev–Trinajstić information content (AvgIpc) is 2.63. The van der Waals surface area contributed by atoms with E-state index >= 15 is 0 Å². The minimum Gasteiger partial charge on any atom is -0.338 e. The lowest BCUT2D eigenvalue weighted by atomic mass is 10.1. The van der Waals surface area contributed by atoms with Crippen molar-refractivity contribution in [2.45, 2.75) is 13.0 Å². The van der Waals surface area contributed by atoms with E-state index in [4.69, 9.17) is 22.3 Å². The van der Waals surface area contributed by atoms with Crippen LogP contribution in [0.1, 0.15) is 12.0 Å². The maximum absolute atomic E-state index is 13.3. The van der Waals surface area contributed by atoms with Crippen LogP contribution in [0.25, 0.3) is 0 Å². The topological polar surface area (TPSA) is 54.5 Å². The number of likely N-dealkylation sites (tertiary alicyclic amines) is 1. The van der Waals surface area contributed by atoms with Crippen molar-refractivity contribution >= 4 is 37.2 Å². The van der Waals surface area contributed by atoms with E-state index in [2.05, 4.69) is 0 Å². The Hall–Kier alpha value is -0.850. The standard InChI is InChI=1S/C12H12Cl2FNO3S/c13-12-9(2-1-3-10(12)15)6-16-5-8(4-11(16)17)7-20(14,18)19/h1-3,8H,4-7H2. The van der Waals surface area contributed by atoms with E-state index < -0.39 is 14.9 Å². The second kappa shape index (κ2) is 5.87. The molecule has 1 aliphatic rings. The summed E-state index contributed by atoms with van der Waals surface area (Å²) in [5.74, 6) is -1.31. The Morgan fingerprint density at radius 2 is 2.10 bits per heavy atom. The van der Waals surface area contributed by atoms with Gasteiger partial charge in [0.05, 0.1) is 10.8 Å². The van der Waals surface area contributed by atoms with Crippen molar-refractivity contribution in [1.29, 1.82) is 0 Å². The molecule has 1 atom stereocenters. The highest BCUT2D eigenvalue weighted by Crippen LogP contribution is 2.26. The van der Waals surface area contributed by atoms with E-state index in [1.165, 1.54) is 17.0 Å². The molecule has 0 aromatic heterocycles. The SMILES string of the molecule is O=C1CC(CS(=O)(=O)Cl)CN1Cc1cccc(F)c1Cl. The molecule has 0 N–H and O–H groups in total. The van der Waals surface area contributed by atoms with Crippen molar-refractivity contribution in [3.05, 3.63) is 34.6 Å². The van der Waals surface area contributed by atoms with Crippen LogP contribution in [0.5, 0.6) is 0 Å². The third kappa shape index (κ3) is 3.84. The van der Waals surface area contributed by atoms with Gasteiger partial charge >= 0.3 is 0 Å². The van der Waals surface area contributed by atoms with Crippen LogP contribution in [0, 0.1) is 11.7 Å². The Balaban J connectivity index is 2.07. The maximum atomic E-state index is 13.3. The molecule has 8 heteroatoms. The van der Waals surface area contributed by atoms with Gasteiger partial charge in [0.1, 0.15) is 5.82 Å². The summed E-state index contributed by atoms with van der Waals surface area (Å²) < 4.78 is 35.4. The summed E-state index contributed by atoms with van der Waals surface area (Å²) in [4.78, 5) is 13.3. The highest BCUT2D eigenvalue weighted by molar-refractivity contribution is 8.13. The molecule has 1 aliphatic heterocycles.